The first-order chi connectivity index (χ1) is 13.8. The fraction of sp³-hybridized carbons (Fsp3) is 0.474. The minimum Gasteiger partial charge on any atom is -0.376 e. The summed E-state index contributed by atoms with van der Waals surface area (Å²) in [6, 6.07) is 5.26. The van der Waals surface area contributed by atoms with Gasteiger partial charge in [-0.25, -0.2) is 15.0 Å². The predicted molar refractivity (Wildman–Crippen MR) is 106 cm³/mol. The van der Waals surface area contributed by atoms with E-state index in [0.717, 1.165) is 75.0 Å². The van der Waals surface area contributed by atoms with Crippen molar-refractivity contribution in [2.75, 3.05) is 42.6 Å². The van der Waals surface area contributed by atoms with Gasteiger partial charge in [0.15, 0.2) is 17.0 Å². The number of aromatic amines is 1. The molecule has 5 heterocycles. The first-order valence-electron chi connectivity index (χ1n) is 9.74. The molecule has 5 rings (SSSR count). The predicted octanol–water partition coefficient (Wildman–Crippen LogP) is 1.02. The van der Waals surface area contributed by atoms with Gasteiger partial charge < -0.3 is 24.1 Å². The molecule has 146 valence electrons. The van der Waals surface area contributed by atoms with Crippen LogP contribution in [-0.2, 0) is 11.3 Å². The Balaban J connectivity index is 1.34. The van der Waals surface area contributed by atoms with E-state index in [1.807, 2.05) is 12.4 Å². The molecule has 3 aromatic heterocycles. The van der Waals surface area contributed by atoms with Crippen LogP contribution in [-0.4, -0.2) is 63.4 Å². The smallest absolute Gasteiger partial charge is 0.249 e. The summed E-state index contributed by atoms with van der Waals surface area (Å²) in [5.41, 5.74) is 1.62. The lowest BCUT2D eigenvalue weighted by molar-refractivity contribution is 0.0978. The Kier molecular flexibility index (Phi) is 4.44. The van der Waals surface area contributed by atoms with Crippen molar-refractivity contribution in [3.63, 3.8) is 0 Å². The van der Waals surface area contributed by atoms with E-state index in [0.29, 0.717) is 0 Å². The highest BCUT2D eigenvalue weighted by molar-refractivity contribution is 5.83. The fourth-order valence-corrected chi connectivity index (χ4v) is 4.02. The molecule has 2 aliphatic rings. The molecule has 1 unspecified atom stereocenters. The van der Waals surface area contributed by atoms with Gasteiger partial charge in [0.05, 0.1) is 19.0 Å². The standard InChI is InChI=1S/C19H23N7O2/c27-16-5-1-4-15(23-16)24-6-8-25(9-7-24)18-17-19(21-12-20-18)26(13-22-17)11-14-3-2-10-28-14/h1,4-5,12-14H,2-3,6-11H2,(H,23,27). The molecule has 0 aromatic carbocycles. The van der Waals surface area contributed by atoms with Gasteiger partial charge in [-0.2, -0.15) is 0 Å². The molecule has 0 aliphatic carbocycles. The summed E-state index contributed by atoms with van der Waals surface area (Å²) < 4.78 is 7.82. The first-order valence-corrected chi connectivity index (χ1v) is 9.74. The molecule has 0 amide bonds. The average molecular weight is 381 g/mol. The third-order valence-corrected chi connectivity index (χ3v) is 5.48. The molecule has 0 spiro atoms. The molecule has 2 saturated heterocycles. The van der Waals surface area contributed by atoms with Crippen molar-refractivity contribution in [3.8, 4) is 0 Å². The number of fused-ring (bicyclic) bond motifs is 1. The lowest BCUT2D eigenvalue weighted by Gasteiger charge is -2.36. The number of hydrogen-bond donors (Lipinski definition) is 1. The molecule has 9 nitrogen and oxygen atoms in total. The van der Waals surface area contributed by atoms with Gasteiger partial charge in [-0.1, -0.05) is 6.07 Å². The van der Waals surface area contributed by atoms with Crippen molar-refractivity contribution in [2.24, 2.45) is 0 Å². The number of anilines is 2. The fourth-order valence-electron chi connectivity index (χ4n) is 4.02. The van der Waals surface area contributed by atoms with Crippen LogP contribution in [0.25, 0.3) is 11.2 Å². The summed E-state index contributed by atoms with van der Waals surface area (Å²) in [6.07, 6.45) is 5.91. The molecule has 2 fully saturated rings. The Morgan fingerprint density at radius 1 is 1.11 bits per heavy atom. The molecule has 9 heteroatoms. The molecule has 1 atom stereocenters. The van der Waals surface area contributed by atoms with E-state index in [-0.39, 0.29) is 11.7 Å². The Morgan fingerprint density at radius 3 is 2.75 bits per heavy atom. The Bertz CT molecular complexity index is 1020. The van der Waals surface area contributed by atoms with Gasteiger partial charge in [0.25, 0.3) is 0 Å². The second kappa shape index (κ2) is 7.23. The zero-order chi connectivity index (χ0) is 18.9. The number of piperazine rings is 1. The maximum atomic E-state index is 11.6. The normalized spacial score (nSPS) is 20.2. The van der Waals surface area contributed by atoms with Crippen LogP contribution in [0.3, 0.4) is 0 Å². The van der Waals surface area contributed by atoms with E-state index in [2.05, 4.69) is 34.3 Å². The Labute approximate surface area is 162 Å². The molecule has 0 bridgehead atoms. The van der Waals surface area contributed by atoms with Gasteiger partial charge >= 0.3 is 0 Å². The van der Waals surface area contributed by atoms with Crippen LogP contribution in [0.4, 0.5) is 11.6 Å². The number of nitrogens with one attached hydrogen (secondary N) is 1. The summed E-state index contributed by atoms with van der Waals surface area (Å²) in [5, 5.41) is 0. The van der Waals surface area contributed by atoms with Crippen LogP contribution in [0.1, 0.15) is 12.8 Å². The highest BCUT2D eigenvalue weighted by Gasteiger charge is 2.23. The maximum Gasteiger partial charge on any atom is 0.249 e. The third kappa shape index (κ3) is 3.22. The summed E-state index contributed by atoms with van der Waals surface area (Å²) in [4.78, 5) is 32.5. The summed E-state index contributed by atoms with van der Waals surface area (Å²) in [5.74, 6) is 1.73. The number of hydrogen-bond acceptors (Lipinski definition) is 7. The lowest BCUT2D eigenvalue weighted by atomic mass is 10.2. The van der Waals surface area contributed by atoms with Crippen LogP contribution in [0.2, 0.25) is 0 Å². The van der Waals surface area contributed by atoms with Crippen molar-refractivity contribution in [2.45, 2.75) is 25.5 Å². The van der Waals surface area contributed by atoms with E-state index in [1.54, 1.807) is 12.4 Å². The summed E-state index contributed by atoms with van der Waals surface area (Å²) >= 11 is 0. The van der Waals surface area contributed by atoms with Gasteiger partial charge in [-0.15, -0.1) is 0 Å². The second-order valence-corrected chi connectivity index (χ2v) is 7.28. The van der Waals surface area contributed by atoms with Gasteiger partial charge in [-0.3, -0.25) is 4.79 Å². The van der Waals surface area contributed by atoms with Crippen molar-refractivity contribution in [1.29, 1.82) is 0 Å². The topological polar surface area (TPSA) is 92.2 Å². The highest BCUT2D eigenvalue weighted by atomic mass is 16.5. The molecule has 28 heavy (non-hydrogen) atoms. The quantitative estimate of drug-likeness (QED) is 0.721. The molecular formula is C19H23N7O2. The van der Waals surface area contributed by atoms with Crippen LogP contribution in [0, 0.1) is 0 Å². The number of nitrogens with zero attached hydrogens (tertiary/aromatic N) is 6. The van der Waals surface area contributed by atoms with Gasteiger partial charge in [-0.05, 0) is 18.9 Å². The maximum absolute atomic E-state index is 11.6. The Hall–Kier alpha value is -2.94. The van der Waals surface area contributed by atoms with Crippen LogP contribution in [0.5, 0.6) is 0 Å². The number of rotatable bonds is 4. The van der Waals surface area contributed by atoms with Crippen molar-refractivity contribution in [1.82, 2.24) is 24.5 Å². The van der Waals surface area contributed by atoms with E-state index in [4.69, 9.17) is 4.74 Å². The largest absolute Gasteiger partial charge is 0.376 e. The second-order valence-electron chi connectivity index (χ2n) is 7.28. The van der Waals surface area contributed by atoms with E-state index in [1.165, 1.54) is 6.07 Å². The number of aromatic nitrogens is 5. The molecule has 0 saturated carbocycles. The van der Waals surface area contributed by atoms with Crippen LogP contribution < -0.4 is 15.4 Å². The zero-order valence-corrected chi connectivity index (χ0v) is 15.6. The highest BCUT2D eigenvalue weighted by Crippen LogP contribution is 2.24. The van der Waals surface area contributed by atoms with E-state index >= 15 is 0 Å². The van der Waals surface area contributed by atoms with Gasteiger partial charge in [0, 0.05) is 38.9 Å². The van der Waals surface area contributed by atoms with Crippen LogP contribution in [0.15, 0.2) is 35.6 Å². The molecule has 3 aromatic rings. The monoisotopic (exact) mass is 381 g/mol. The number of imidazole rings is 1. The average Bonchev–Trinajstić information content (AvgIpc) is 3.39. The zero-order valence-electron chi connectivity index (χ0n) is 15.6. The molecule has 0 radical (unpaired) electrons. The van der Waals surface area contributed by atoms with Crippen molar-refractivity contribution < 1.29 is 4.74 Å². The molecule has 1 N–H and O–H groups in total. The van der Waals surface area contributed by atoms with Crippen molar-refractivity contribution >= 4 is 22.8 Å². The number of H-pyrrole nitrogens is 1. The lowest BCUT2D eigenvalue weighted by Crippen LogP contribution is -2.47. The number of pyridine rings is 1. The van der Waals surface area contributed by atoms with Crippen LogP contribution >= 0.6 is 0 Å². The SMILES string of the molecule is O=c1cccc(N2CCN(c3ncnc4c3ncn4CC3CCCO3)CC2)[nH]1. The molecule has 2 aliphatic heterocycles. The van der Waals surface area contributed by atoms with Crippen molar-refractivity contribution in [3.05, 3.63) is 41.2 Å². The first kappa shape index (κ1) is 17.2. The van der Waals surface area contributed by atoms with Gasteiger partial charge in [0.1, 0.15) is 12.1 Å². The van der Waals surface area contributed by atoms with E-state index < -0.39 is 0 Å². The minimum absolute atomic E-state index is 0.0748. The van der Waals surface area contributed by atoms with E-state index in [9.17, 15) is 4.79 Å². The third-order valence-electron chi connectivity index (χ3n) is 5.48. The number of ether oxygens (including phenoxy) is 1. The minimum atomic E-state index is -0.0748. The Morgan fingerprint density at radius 2 is 1.96 bits per heavy atom. The van der Waals surface area contributed by atoms with Gasteiger partial charge in [0.2, 0.25) is 5.56 Å². The molecular weight excluding hydrogens is 358 g/mol. The summed E-state index contributed by atoms with van der Waals surface area (Å²) in [6.45, 7) is 4.85. The summed E-state index contributed by atoms with van der Waals surface area (Å²) in [7, 11) is 0.